The van der Waals surface area contributed by atoms with Crippen LogP contribution in [-0.2, 0) is 4.79 Å². The second-order valence-corrected chi connectivity index (χ2v) is 5.22. The maximum atomic E-state index is 11.6. The maximum Gasteiger partial charge on any atom is 0.246 e. The van der Waals surface area contributed by atoms with Gasteiger partial charge in [-0.3, -0.25) is 4.79 Å². The number of nitrogens with zero attached hydrogens (tertiary/aromatic N) is 2. The largest absolute Gasteiger partial charge is 0.355 e. The lowest BCUT2D eigenvalue weighted by Gasteiger charge is -2.05. The van der Waals surface area contributed by atoms with E-state index in [-0.39, 0.29) is 5.91 Å². The molecule has 0 aliphatic carbocycles. The molecule has 22 heavy (non-hydrogen) atoms. The van der Waals surface area contributed by atoms with Crippen molar-refractivity contribution in [3.8, 4) is 11.3 Å². The van der Waals surface area contributed by atoms with Crippen LogP contribution in [0.15, 0.2) is 59.1 Å². The fourth-order valence-electron chi connectivity index (χ4n) is 2.18. The highest BCUT2D eigenvalue weighted by molar-refractivity contribution is 5.95. The molecule has 1 amide bonds. The summed E-state index contributed by atoms with van der Waals surface area (Å²) >= 11 is 0. The van der Waals surface area contributed by atoms with Gasteiger partial charge in [-0.05, 0) is 23.8 Å². The van der Waals surface area contributed by atoms with Crippen LogP contribution in [0.5, 0.6) is 0 Å². The Kier molecular flexibility index (Phi) is 3.74. The molecule has 0 saturated carbocycles. The van der Waals surface area contributed by atoms with Crippen molar-refractivity contribution >= 4 is 22.9 Å². The van der Waals surface area contributed by atoms with E-state index in [9.17, 15) is 4.79 Å². The van der Waals surface area contributed by atoms with E-state index in [0.717, 1.165) is 27.8 Å². The molecule has 0 saturated heterocycles. The molecule has 0 atom stereocenters. The summed E-state index contributed by atoms with van der Waals surface area (Å²) < 4.78 is 5.47. The molecule has 4 nitrogen and oxygen atoms in total. The van der Waals surface area contributed by atoms with Gasteiger partial charge in [0.15, 0.2) is 5.76 Å². The molecular formula is C18H16N2O2. The van der Waals surface area contributed by atoms with Gasteiger partial charge >= 0.3 is 0 Å². The van der Waals surface area contributed by atoms with E-state index in [1.54, 1.807) is 26.2 Å². The van der Waals surface area contributed by atoms with Gasteiger partial charge in [-0.1, -0.05) is 41.6 Å². The Morgan fingerprint density at radius 2 is 1.91 bits per heavy atom. The summed E-state index contributed by atoms with van der Waals surface area (Å²) in [5.41, 5.74) is 2.72. The maximum absolute atomic E-state index is 11.6. The van der Waals surface area contributed by atoms with Crippen LogP contribution < -0.4 is 0 Å². The van der Waals surface area contributed by atoms with E-state index in [0.29, 0.717) is 0 Å². The van der Waals surface area contributed by atoms with Crippen molar-refractivity contribution in [1.82, 2.24) is 10.1 Å². The van der Waals surface area contributed by atoms with Crippen molar-refractivity contribution in [2.75, 3.05) is 14.1 Å². The lowest BCUT2D eigenvalue weighted by atomic mass is 10.1. The van der Waals surface area contributed by atoms with Crippen molar-refractivity contribution in [3.63, 3.8) is 0 Å². The number of hydrogen-bond acceptors (Lipinski definition) is 3. The van der Waals surface area contributed by atoms with Gasteiger partial charge in [-0.15, -0.1) is 0 Å². The van der Waals surface area contributed by atoms with E-state index in [4.69, 9.17) is 4.52 Å². The number of aromatic nitrogens is 1. The first-order valence-corrected chi connectivity index (χ1v) is 6.99. The Morgan fingerprint density at radius 1 is 1.14 bits per heavy atom. The second kappa shape index (κ2) is 5.85. The second-order valence-electron chi connectivity index (χ2n) is 5.22. The Bertz CT molecular complexity index is 833. The molecule has 0 aliphatic rings. The molecule has 3 rings (SSSR count). The predicted molar refractivity (Wildman–Crippen MR) is 87.2 cm³/mol. The molecule has 0 bridgehead atoms. The summed E-state index contributed by atoms with van der Waals surface area (Å²) in [7, 11) is 3.45. The highest BCUT2D eigenvalue weighted by atomic mass is 16.5. The molecule has 0 fully saturated rings. The van der Waals surface area contributed by atoms with Crippen molar-refractivity contribution in [2.45, 2.75) is 0 Å². The van der Waals surface area contributed by atoms with Crippen molar-refractivity contribution in [2.24, 2.45) is 0 Å². The number of hydrogen-bond donors (Lipinski definition) is 0. The predicted octanol–water partition coefficient (Wildman–Crippen LogP) is 3.60. The average molecular weight is 292 g/mol. The number of carbonyl (C=O) groups excluding carboxylic acids is 1. The third-order valence-corrected chi connectivity index (χ3v) is 3.40. The number of amides is 1. The van der Waals surface area contributed by atoms with Crippen molar-refractivity contribution in [3.05, 3.63) is 60.2 Å². The molecule has 1 heterocycles. The van der Waals surface area contributed by atoms with Gasteiger partial charge < -0.3 is 9.42 Å². The number of likely N-dealkylation sites (N-methyl/N-ethyl adjacent to an activating group) is 1. The first kappa shape index (κ1) is 14.1. The van der Waals surface area contributed by atoms with Gasteiger partial charge in [0.2, 0.25) is 5.91 Å². The number of carbonyl (C=O) groups is 1. The SMILES string of the molecule is CN(C)C(=O)C=Cc1ccc2noc(-c3ccccc3)c2c1. The molecule has 0 aliphatic heterocycles. The zero-order valence-electron chi connectivity index (χ0n) is 12.5. The standard InChI is InChI=1S/C18H16N2O2/c1-20(2)17(21)11-9-13-8-10-16-15(12-13)18(22-19-16)14-6-4-3-5-7-14/h3-12H,1-2H3. The summed E-state index contributed by atoms with van der Waals surface area (Å²) in [6.07, 6.45) is 3.35. The van der Waals surface area contributed by atoms with Gasteiger partial charge in [-0.25, -0.2) is 0 Å². The van der Waals surface area contributed by atoms with Crippen molar-refractivity contribution < 1.29 is 9.32 Å². The first-order valence-electron chi connectivity index (χ1n) is 6.99. The third-order valence-electron chi connectivity index (χ3n) is 3.40. The van der Waals surface area contributed by atoms with Crippen LogP contribution >= 0.6 is 0 Å². The molecule has 0 unspecified atom stereocenters. The van der Waals surface area contributed by atoms with Gasteiger partial charge in [-0.2, -0.15) is 0 Å². The Morgan fingerprint density at radius 3 is 2.64 bits per heavy atom. The summed E-state index contributed by atoms with van der Waals surface area (Å²) in [5, 5.41) is 5.02. The van der Waals surface area contributed by atoms with Crippen LogP contribution in [0.4, 0.5) is 0 Å². The van der Waals surface area contributed by atoms with Crippen LogP contribution in [0.2, 0.25) is 0 Å². The smallest absolute Gasteiger partial charge is 0.246 e. The monoisotopic (exact) mass is 292 g/mol. The minimum atomic E-state index is -0.0475. The Labute approximate surface area is 128 Å². The van der Waals surface area contributed by atoms with E-state index < -0.39 is 0 Å². The van der Waals surface area contributed by atoms with Crippen LogP contribution in [0.25, 0.3) is 28.3 Å². The zero-order chi connectivity index (χ0) is 15.5. The number of rotatable bonds is 3. The van der Waals surface area contributed by atoms with Crippen LogP contribution in [-0.4, -0.2) is 30.1 Å². The summed E-state index contributed by atoms with van der Waals surface area (Å²) in [4.78, 5) is 13.2. The molecule has 0 radical (unpaired) electrons. The highest BCUT2D eigenvalue weighted by Crippen LogP contribution is 2.29. The summed E-state index contributed by atoms with van der Waals surface area (Å²) in [6, 6.07) is 15.6. The number of fused-ring (bicyclic) bond motifs is 1. The highest BCUT2D eigenvalue weighted by Gasteiger charge is 2.10. The average Bonchev–Trinajstić information content (AvgIpc) is 2.96. The minimum Gasteiger partial charge on any atom is -0.355 e. The number of benzene rings is 2. The third kappa shape index (κ3) is 2.76. The fourth-order valence-corrected chi connectivity index (χ4v) is 2.18. The molecule has 0 spiro atoms. The summed E-state index contributed by atoms with van der Waals surface area (Å²) in [6.45, 7) is 0. The quantitative estimate of drug-likeness (QED) is 0.693. The zero-order valence-corrected chi connectivity index (χ0v) is 12.5. The van der Waals surface area contributed by atoms with Crippen LogP contribution in [0.1, 0.15) is 5.56 Å². The van der Waals surface area contributed by atoms with E-state index in [1.807, 2.05) is 48.5 Å². The van der Waals surface area contributed by atoms with E-state index in [2.05, 4.69) is 5.16 Å². The molecule has 4 heteroatoms. The van der Waals surface area contributed by atoms with E-state index >= 15 is 0 Å². The van der Waals surface area contributed by atoms with Gasteiger partial charge in [0, 0.05) is 25.7 Å². The van der Waals surface area contributed by atoms with Crippen molar-refractivity contribution in [1.29, 1.82) is 0 Å². The molecule has 1 aromatic heterocycles. The topological polar surface area (TPSA) is 46.3 Å². The molecule has 0 N–H and O–H groups in total. The molecule has 110 valence electrons. The first-order chi connectivity index (χ1) is 10.6. The lowest BCUT2D eigenvalue weighted by molar-refractivity contribution is -0.123. The fraction of sp³-hybridized carbons (Fsp3) is 0.111. The van der Waals surface area contributed by atoms with Crippen LogP contribution in [0, 0.1) is 0 Å². The summed E-state index contributed by atoms with van der Waals surface area (Å²) in [5.74, 6) is 0.693. The van der Waals surface area contributed by atoms with Crippen LogP contribution in [0.3, 0.4) is 0 Å². The molecule has 3 aromatic rings. The molecular weight excluding hydrogens is 276 g/mol. The van der Waals surface area contributed by atoms with Gasteiger partial charge in [0.25, 0.3) is 0 Å². The van der Waals surface area contributed by atoms with E-state index in [1.165, 1.54) is 4.90 Å². The molecule has 2 aromatic carbocycles. The van der Waals surface area contributed by atoms with Gasteiger partial charge in [0.1, 0.15) is 5.52 Å². The normalized spacial score (nSPS) is 11.2. The minimum absolute atomic E-state index is 0.0475. The van der Waals surface area contributed by atoms with Gasteiger partial charge in [0.05, 0.1) is 5.39 Å². The lowest BCUT2D eigenvalue weighted by Crippen LogP contribution is -2.18. The Balaban J connectivity index is 2.01. The Hall–Kier alpha value is -2.88.